The number of rotatable bonds is 6. The molecule has 7 heteroatoms. The molecule has 0 saturated heterocycles. The fourth-order valence-corrected chi connectivity index (χ4v) is 2.08. The predicted molar refractivity (Wildman–Crippen MR) is 90.8 cm³/mol. The van der Waals surface area contributed by atoms with Gasteiger partial charge in [-0.3, -0.25) is 0 Å². The first-order valence-electron chi connectivity index (χ1n) is 7.52. The Morgan fingerprint density at radius 1 is 1.44 bits per heavy atom. The number of terminal acetylenes is 1. The van der Waals surface area contributed by atoms with Crippen LogP contribution in [0.2, 0.25) is 0 Å². The summed E-state index contributed by atoms with van der Waals surface area (Å²) in [4.78, 5) is 12.1. The van der Waals surface area contributed by atoms with Gasteiger partial charge < -0.3 is 24.9 Å². The predicted octanol–water partition coefficient (Wildman–Crippen LogP) is 2.77. The van der Waals surface area contributed by atoms with E-state index < -0.39 is 17.4 Å². The van der Waals surface area contributed by atoms with Gasteiger partial charge in [0.05, 0.1) is 12.2 Å². The van der Waals surface area contributed by atoms with E-state index in [0.717, 1.165) is 6.07 Å². The first-order chi connectivity index (χ1) is 11.8. The minimum atomic E-state index is -1.39. The van der Waals surface area contributed by atoms with Gasteiger partial charge in [-0.1, -0.05) is 5.92 Å². The third kappa shape index (κ3) is 4.99. The fraction of sp³-hybridized carbons (Fsp3) is 0.278. The third-order valence-electron chi connectivity index (χ3n) is 3.37. The van der Waals surface area contributed by atoms with Gasteiger partial charge in [-0.2, -0.15) is 0 Å². The van der Waals surface area contributed by atoms with Gasteiger partial charge in [-0.15, -0.1) is 6.42 Å². The molecule has 0 spiro atoms. The van der Waals surface area contributed by atoms with Crippen LogP contribution in [0.1, 0.15) is 18.4 Å². The van der Waals surface area contributed by atoms with Crippen molar-refractivity contribution in [3.05, 3.63) is 47.7 Å². The number of urea groups is 1. The summed E-state index contributed by atoms with van der Waals surface area (Å²) in [7, 11) is 0. The number of carbonyl (C=O) groups is 1. The molecule has 132 valence electrons. The van der Waals surface area contributed by atoms with Gasteiger partial charge in [0.1, 0.15) is 35.3 Å². The lowest BCUT2D eigenvalue weighted by molar-refractivity contribution is 0.0364. The SMILES string of the molecule is C#CCOc1ccc(F)cc1NC(=O)NCC(C)(O)c1ccc(C)o1. The maximum atomic E-state index is 13.4. The zero-order chi connectivity index (χ0) is 18.4. The maximum Gasteiger partial charge on any atom is 0.319 e. The maximum absolute atomic E-state index is 13.4. The number of carbonyl (C=O) groups excluding carboxylic acids is 1. The molecule has 1 heterocycles. The largest absolute Gasteiger partial charge is 0.479 e. The summed E-state index contributed by atoms with van der Waals surface area (Å²) in [6.45, 7) is 3.13. The van der Waals surface area contributed by atoms with Crippen LogP contribution in [0.3, 0.4) is 0 Å². The van der Waals surface area contributed by atoms with Gasteiger partial charge in [-0.25, -0.2) is 9.18 Å². The Balaban J connectivity index is 2.00. The van der Waals surface area contributed by atoms with Crippen molar-refractivity contribution in [3.8, 4) is 18.1 Å². The molecule has 1 unspecified atom stereocenters. The van der Waals surface area contributed by atoms with Crippen LogP contribution < -0.4 is 15.4 Å². The number of aryl methyl sites for hydroxylation is 1. The zero-order valence-corrected chi connectivity index (χ0v) is 13.9. The van der Waals surface area contributed by atoms with E-state index in [2.05, 4.69) is 16.6 Å². The molecule has 3 N–H and O–H groups in total. The van der Waals surface area contributed by atoms with Gasteiger partial charge in [0.25, 0.3) is 0 Å². The van der Waals surface area contributed by atoms with Crippen molar-refractivity contribution < 1.29 is 23.4 Å². The van der Waals surface area contributed by atoms with Crippen molar-refractivity contribution in [2.45, 2.75) is 19.4 Å². The quantitative estimate of drug-likeness (QED) is 0.702. The Labute approximate surface area is 145 Å². The molecule has 2 aromatic rings. The van der Waals surface area contributed by atoms with Crippen molar-refractivity contribution in [1.82, 2.24) is 5.32 Å². The van der Waals surface area contributed by atoms with Crippen LogP contribution in [0.15, 0.2) is 34.7 Å². The summed E-state index contributed by atoms with van der Waals surface area (Å²) < 4.78 is 24.0. The third-order valence-corrected chi connectivity index (χ3v) is 3.37. The lowest BCUT2D eigenvalue weighted by Gasteiger charge is -2.21. The number of benzene rings is 1. The fourth-order valence-electron chi connectivity index (χ4n) is 2.08. The number of aliphatic hydroxyl groups is 1. The molecular formula is C18H19FN2O4. The summed E-state index contributed by atoms with van der Waals surface area (Å²) in [6, 6.07) is 6.38. The molecule has 0 aliphatic rings. The standard InChI is InChI=1S/C18H19FN2O4/c1-4-9-24-15-7-6-13(19)10-14(15)21-17(22)20-11-18(3,23)16-8-5-12(2)25-16/h1,5-8,10,23H,9,11H2,2-3H3,(H2,20,21,22). The first-order valence-corrected chi connectivity index (χ1v) is 7.52. The Morgan fingerprint density at radius 3 is 2.84 bits per heavy atom. The number of hydrogen-bond donors (Lipinski definition) is 3. The number of hydrogen-bond acceptors (Lipinski definition) is 4. The van der Waals surface area contributed by atoms with Crippen molar-refractivity contribution in [2.75, 3.05) is 18.5 Å². The Kier molecular flexibility index (Phi) is 5.67. The number of ether oxygens (including phenoxy) is 1. The van der Waals surface area contributed by atoms with Crippen LogP contribution in [-0.2, 0) is 5.60 Å². The molecule has 2 rings (SSSR count). The van der Waals surface area contributed by atoms with Crippen LogP contribution in [0.4, 0.5) is 14.9 Å². The van der Waals surface area contributed by atoms with Crippen LogP contribution in [-0.4, -0.2) is 24.3 Å². The number of nitrogens with one attached hydrogen (secondary N) is 2. The molecule has 1 atom stereocenters. The first kappa shape index (κ1) is 18.4. The minimum Gasteiger partial charge on any atom is -0.479 e. The van der Waals surface area contributed by atoms with Crippen molar-refractivity contribution in [2.24, 2.45) is 0 Å². The molecule has 1 aromatic carbocycles. The molecule has 0 aliphatic heterocycles. The van der Waals surface area contributed by atoms with E-state index in [9.17, 15) is 14.3 Å². The summed E-state index contributed by atoms with van der Waals surface area (Å²) in [5.74, 6) is 2.96. The summed E-state index contributed by atoms with van der Waals surface area (Å²) in [5.41, 5.74) is -1.27. The van der Waals surface area contributed by atoms with Crippen LogP contribution in [0.5, 0.6) is 5.75 Å². The second kappa shape index (κ2) is 7.73. The summed E-state index contributed by atoms with van der Waals surface area (Å²) >= 11 is 0. The smallest absolute Gasteiger partial charge is 0.319 e. The number of halogens is 1. The summed E-state index contributed by atoms with van der Waals surface area (Å²) in [6.07, 6.45) is 5.12. The lowest BCUT2D eigenvalue weighted by Crippen LogP contribution is -2.40. The molecule has 6 nitrogen and oxygen atoms in total. The normalized spacial score (nSPS) is 12.8. The van der Waals surface area contributed by atoms with Gasteiger partial charge in [-0.05, 0) is 38.1 Å². The van der Waals surface area contributed by atoms with Crippen LogP contribution in [0, 0.1) is 25.1 Å². The number of furan rings is 1. The van der Waals surface area contributed by atoms with E-state index in [4.69, 9.17) is 15.6 Å². The molecule has 1 aromatic heterocycles. The van der Waals surface area contributed by atoms with E-state index in [-0.39, 0.29) is 24.6 Å². The van der Waals surface area contributed by atoms with Crippen molar-refractivity contribution in [1.29, 1.82) is 0 Å². The highest BCUT2D eigenvalue weighted by Gasteiger charge is 2.27. The molecule has 0 radical (unpaired) electrons. The van der Waals surface area contributed by atoms with Gasteiger partial charge >= 0.3 is 6.03 Å². The highest BCUT2D eigenvalue weighted by molar-refractivity contribution is 5.90. The average molecular weight is 346 g/mol. The van der Waals surface area contributed by atoms with Gasteiger partial charge in [0, 0.05) is 6.07 Å². The zero-order valence-electron chi connectivity index (χ0n) is 13.9. The van der Waals surface area contributed by atoms with Crippen molar-refractivity contribution >= 4 is 11.7 Å². The monoisotopic (exact) mass is 346 g/mol. The second-order valence-corrected chi connectivity index (χ2v) is 5.63. The van der Waals surface area contributed by atoms with E-state index in [0.29, 0.717) is 11.5 Å². The van der Waals surface area contributed by atoms with E-state index in [1.807, 2.05) is 0 Å². The van der Waals surface area contributed by atoms with Crippen LogP contribution >= 0.6 is 0 Å². The van der Waals surface area contributed by atoms with Crippen molar-refractivity contribution in [3.63, 3.8) is 0 Å². The summed E-state index contributed by atoms with van der Waals surface area (Å²) in [5, 5.41) is 15.4. The van der Waals surface area contributed by atoms with E-state index in [1.54, 1.807) is 19.1 Å². The topological polar surface area (TPSA) is 83.7 Å². The highest BCUT2D eigenvalue weighted by Crippen LogP contribution is 2.26. The van der Waals surface area contributed by atoms with E-state index in [1.165, 1.54) is 19.1 Å². The Bertz CT molecular complexity index is 793. The highest BCUT2D eigenvalue weighted by atomic mass is 19.1. The Morgan fingerprint density at radius 2 is 2.20 bits per heavy atom. The molecule has 0 aliphatic carbocycles. The molecule has 0 bridgehead atoms. The van der Waals surface area contributed by atoms with Gasteiger partial charge in [0.2, 0.25) is 0 Å². The lowest BCUT2D eigenvalue weighted by atomic mass is 10.0. The van der Waals surface area contributed by atoms with Crippen LogP contribution in [0.25, 0.3) is 0 Å². The molecule has 25 heavy (non-hydrogen) atoms. The second-order valence-electron chi connectivity index (χ2n) is 5.63. The average Bonchev–Trinajstić information content (AvgIpc) is 3.00. The molecule has 2 amide bonds. The Hall–Kier alpha value is -2.98. The molecule has 0 saturated carbocycles. The van der Waals surface area contributed by atoms with Gasteiger partial charge in [0.15, 0.2) is 0 Å². The molecule has 0 fully saturated rings. The number of amides is 2. The minimum absolute atomic E-state index is 0.0194. The molecular weight excluding hydrogens is 327 g/mol. The number of anilines is 1. The van der Waals surface area contributed by atoms with E-state index >= 15 is 0 Å².